The van der Waals surface area contributed by atoms with Gasteiger partial charge in [-0.1, -0.05) is 39.5 Å². The summed E-state index contributed by atoms with van der Waals surface area (Å²) >= 11 is 0. The van der Waals surface area contributed by atoms with Crippen LogP contribution in [-0.4, -0.2) is 47.0 Å². The van der Waals surface area contributed by atoms with Gasteiger partial charge in [0.15, 0.2) is 0 Å². The fourth-order valence-electron chi connectivity index (χ4n) is 4.78. The Kier molecular flexibility index (Phi) is 6.72. The average molecular weight is 373 g/mol. The number of aryl methyl sites for hydroxylation is 2. The number of carbonyl (C=O) groups excluding carboxylic acids is 1. The summed E-state index contributed by atoms with van der Waals surface area (Å²) in [7, 11) is 0. The van der Waals surface area contributed by atoms with Gasteiger partial charge in [0.25, 0.3) is 0 Å². The lowest BCUT2D eigenvalue weighted by Crippen LogP contribution is -2.36. The molecule has 5 heteroatoms. The highest BCUT2D eigenvalue weighted by molar-refractivity contribution is 5.76. The zero-order chi connectivity index (χ0) is 19.4. The van der Waals surface area contributed by atoms with Crippen LogP contribution in [0.15, 0.2) is 0 Å². The second-order valence-electron chi connectivity index (χ2n) is 8.66. The van der Waals surface area contributed by atoms with Crippen LogP contribution in [0.1, 0.15) is 81.8 Å². The summed E-state index contributed by atoms with van der Waals surface area (Å²) in [5.41, 5.74) is 2.34. The number of amides is 1. The van der Waals surface area contributed by atoms with Gasteiger partial charge in [0.2, 0.25) is 5.91 Å². The number of hydrogen-bond acceptors (Lipinski definition) is 4. The summed E-state index contributed by atoms with van der Waals surface area (Å²) in [6, 6.07) is 0. The molecule has 0 spiro atoms. The summed E-state index contributed by atoms with van der Waals surface area (Å²) in [4.78, 5) is 26.5. The van der Waals surface area contributed by atoms with Crippen molar-refractivity contribution in [2.45, 2.75) is 78.6 Å². The minimum Gasteiger partial charge on any atom is -0.354 e. The first-order valence-corrected chi connectivity index (χ1v) is 10.8. The number of carbonyl (C=O) groups is 1. The smallest absolute Gasteiger partial charge is 0.222 e. The van der Waals surface area contributed by atoms with E-state index in [1.165, 1.54) is 31.2 Å². The van der Waals surface area contributed by atoms with Crippen molar-refractivity contribution in [2.24, 2.45) is 5.92 Å². The van der Waals surface area contributed by atoms with Crippen molar-refractivity contribution in [3.8, 4) is 0 Å². The van der Waals surface area contributed by atoms with Gasteiger partial charge in [-0.05, 0) is 38.5 Å². The summed E-state index contributed by atoms with van der Waals surface area (Å²) in [5, 5.41) is 0. The van der Waals surface area contributed by atoms with E-state index in [-0.39, 0.29) is 0 Å². The van der Waals surface area contributed by atoms with Crippen molar-refractivity contribution in [3.63, 3.8) is 0 Å². The predicted octanol–water partition coefficient (Wildman–Crippen LogP) is 4.23. The average Bonchev–Trinajstić information content (AvgIpc) is 3.01. The van der Waals surface area contributed by atoms with Crippen LogP contribution < -0.4 is 4.90 Å². The highest BCUT2D eigenvalue weighted by Gasteiger charge is 2.24. The molecular formula is C22H36N4O. The van der Waals surface area contributed by atoms with Crippen LogP contribution in [0.25, 0.3) is 0 Å². The minimum absolute atomic E-state index is 0.350. The maximum Gasteiger partial charge on any atom is 0.222 e. The summed E-state index contributed by atoms with van der Waals surface area (Å²) in [5.74, 6) is 3.45. The molecule has 2 fully saturated rings. The molecule has 1 aliphatic heterocycles. The third kappa shape index (κ3) is 4.99. The molecule has 0 atom stereocenters. The zero-order valence-corrected chi connectivity index (χ0v) is 17.6. The first-order valence-electron chi connectivity index (χ1n) is 10.8. The molecule has 2 aliphatic rings. The Bertz CT molecular complexity index is 652. The monoisotopic (exact) mass is 372 g/mol. The molecule has 0 unspecified atom stereocenters. The van der Waals surface area contributed by atoms with Crippen LogP contribution in [0.5, 0.6) is 0 Å². The number of aromatic nitrogens is 2. The first-order chi connectivity index (χ1) is 13.0. The minimum atomic E-state index is 0.350. The van der Waals surface area contributed by atoms with Gasteiger partial charge in [0.1, 0.15) is 11.6 Å². The molecule has 0 aromatic carbocycles. The lowest BCUT2D eigenvalue weighted by molar-refractivity contribution is -0.131. The van der Waals surface area contributed by atoms with Crippen LogP contribution in [0.2, 0.25) is 0 Å². The first kappa shape index (κ1) is 20.1. The number of anilines is 1. The molecule has 150 valence electrons. The van der Waals surface area contributed by atoms with E-state index < -0.39 is 0 Å². The molecule has 0 N–H and O–H groups in total. The molecule has 1 aromatic heterocycles. The van der Waals surface area contributed by atoms with E-state index in [0.29, 0.717) is 11.8 Å². The van der Waals surface area contributed by atoms with Crippen LogP contribution in [0.4, 0.5) is 5.82 Å². The van der Waals surface area contributed by atoms with Gasteiger partial charge in [-0.2, -0.15) is 0 Å². The lowest BCUT2D eigenvalue weighted by Gasteiger charge is -2.27. The van der Waals surface area contributed by atoms with Crippen molar-refractivity contribution in [3.05, 3.63) is 17.1 Å². The third-order valence-electron chi connectivity index (χ3n) is 6.19. The standard InChI is InChI=1S/C22H36N4O/c1-16(2)21-17(3)23-18(4)24-22(21)26-13-7-12-25(14-15-26)20(27)11-10-19-8-5-6-9-19/h16,19H,5-15H2,1-4H3. The molecule has 5 nitrogen and oxygen atoms in total. The van der Waals surface area contributed by atoms with Gasteiger partial charge in [0.05, 0.1) is 0 Å². The van der Waals surface area contributed by atoms with Crippen molar-refractivity contribution >= 4 is 11.7 Å². The second-order valence-corrected chi connectivity index (χ2v) is 8.66. The fraction of sp³-hybridized carbons (Fsp3) is 0.773. The molecule has 1 aromatic rings. The maximum absolute atomic E-state index is 12.7. The van der Waals surface area contributed by atoms with Crippen LogP contribution in [0.3, 0.4) is 0 Å². The van der Waals surface area contributed by atoms with E-state index in [9.17, 15) is 4.79 Å². The van der Waals surface area contributed by atoms with Gasteiger partial charge < -0.3 is 9.80 Å². The molecule has 2 heterocycles. The zero-order valence-electron chi connectivity index (χ0n) is 17.6. The summed E-state index contributed by atoms with van der Waals surface area (Å²) < 4.78 is 0. The third-order valence-corrected chi connectivity index (χ3v) is 6.19. The van der Waals surface area contributed by atoms with Crippen LogP contribution in [0, 0.1) is 19.8 Å². The Hall–Kier alpha value is -1.65. The molecule has 1 amide bonds. The topological polar surface area (TPSA) is 49.3 Å². The normalized spacial score (nSPS) is 19.0. The molecule has 1 saturated carbocycles. The molecule has 0 radical (unpaired) electrons. The van der Waals surface area contributed by atoms with Crippen molar-refractivity contribution in [1.82, 2.24) is 14.9 Å². The quantitative estimate of drug-likeness (QED) is 0.776. The molecule has 3 rings (SSSR count). The van der Waals surface area contributed by atoms with Gasteiger partial charge >= 0.3 is 0 Å². The Balaban J connectivity index is 1.63. The fourth-order valence-corrected chi connectivity index (χ4v) is 4.78. The molecular weight excluding hydrogens is 336 g/mol. The van der Waals surface area contributed by atoms with E-state index >= 15 is 0 Å². The van der Waals surface area contributed by atoms with Gasteiger partial charge in [-0.25, -0.2) is 9.97 Å². The SMILES string of the molecule is Cc1nc(C)c(C(C)C)c(N2CCCN(C(=O)CCC3CCCC3)CC2)n1. The Labute approximate surface area is 164 Å². The van der Waals surface area contributed by atoms with Gasteiger partial charge in [0, 0.05) is 43.9 Å². The van der Waals surface area contributed by atoms with E-state index in [2.05, 4.69) is 35.6 Å². The van der Waals surface area contributed by atoms with Crippen LogP contribution >= 0.6 is 0 Å². The number of rotatable bonds is 5. The van der Waals surface area contributed by atoms with Gasteiger partial charge in [-0.3, -0.25) is 4.79 Å². The largest absolute Gasteiger partial charge is 0.354 e. The van der Waals surface area contributed by atoms with E-state index in [4.69, 9.17) is 4.98 Å². The number of hydrogen-bond donors (Lipinski definition) is 0. The van der Waals surface area contributed by atoms with E-state index in [1.54, 1.807) is 0 Å². The second kappa shape index (κ2) is 9.03. The molecule has 0 bridgehead atoms. The molecule has 27 heavy (non-hydrogen) atoms. The Morgan fingerprint density at radius 1 is 1.04 bits per heavy atom. The summed E-state index contributed by atoms with van der Waals surface area (Å²) in [6.45, 7) is 12.0. The van der Waals surface area contributed by atoms with E-state index in [0.717, 1.165) is 68.7 Å². The summed E-state index contributed by atoms with van der Waals surface area (Å²) in [6.07, 6.45) is 8.18. The van der Waals surface area contributed by atoms with Crippen LogP contribution in [-0.2, 0) is 4.79 Å². The van der Waals surface area contributed by atoms with E-state index in [1.807, 2.05) is 6.92 Å². The van der Waals surface area contributed by atoms with Crippen molar-refractivity contribution in [2.75, 3.05) is 31.1 Å². The Morgan fingerprint density at radius 2 is 1.78 bits per heavy atom. The predicted molar refractivity (Wildman–Crippen MR) is 110 cm³/mol. The highest BCUT2D eigenvalue weighted by atomic mass is 16.2. The highest BCUT2D eigenvalue weighted by Crippen LogP contribution is 2.30. The number of nitrogens with zero attached hydrogens (tertiary/aromatic N) is 4. The Morgan fingerprint density at radius 3 is 2.48 bits per heavy atom. The molecule has 1 aliphatic carbocycles. The van der Waals surface area contributed by atoms with Crippen molar-refractivity contribution < 1.29 is 4.79 Å². The maximum atomic E-state index is 12.7. The van der Waals surface area contributed by atoms with Crippen molar-refractivity contribution in [1.29, 1.82) is 0 Å². The van der Waals surface area contributed by atoms with Gasteiger partial charge in [-0.15, -0.1) is 0 Å². The lowest BCUT2D eigenvalue weighted by atomic mass is 10.0. The molecule has 1 saturated heterocycles.